The third-order valence-electron chi connectivity index (χ3n) is 4.58. The van der Waals surface area contributed by atoms with Gasteiger partial charge >= 0.3 is 0 Å². The average Bonchev–Trinajstić information content (AvgIpc) is 3.10. The van der Waals surface area contributed by atoms with Crippen molar-refractivity contribution in [3.63, 3.8) is 0 Å². The van der Waals surface area contributed by atoms with Gasteiger partial charge in [-0.1, -0.05) is 12.1 Å². The molecule has 0 bridgehead atoms. The molecule has 1 heterocycles. The van der Waals surface area contributed by atoms with Crippen molar-refractivity contribution in [3.8, 4) is 11.5 Å². The van der Waals surface area contributed by atoms with E-state index >= 15 is 0 Å². The van der Waals surface area contributed by atoms with E-state index < -0.39 is 0 Å². The maximum Gasteiger partial charge on any atom is 0.173 e. The van der Waals surface area contributed by atoms with Crippen LogP contribution in [0.3, 0.4) is 0 Å². The summed E-state index contributed by atoms with van der Waals surface area (Å²) in [5.74, 6) is 1.64. The Kier molecular flexibility index (Phi) is 5.43. The fraction of sp³-hybridized carbons (Fsp3) is 0.350. The van der Waals surface area contributed by atoms with Crippen LogP contribution in [0.1, 0.15) is 30.0 Å². The fourth-order valence-electron chi connectivity index (χ4n) is 3.34. The summed E-state index contributed by atoms with van der Waals surface area (Å²) in [7, 11) is 3.36. The number of thiocarbonyl (C=S) groups is 1. The summed E-state index contributed by atoms with van der Waals surface area (Å²) in [5, 5.41) is 4.13. The van der Waals surface area contributed by atoms with E-state index in [4.69, 9.17) is 21.7 Å². The predicted molar refractivity (Wildman–Crippen MR) is 106 cm³/mol. The van der Waals surface area contributed by atoms with Crippen LogP contribution in [0.15, 0.2) is 42.5 Å². The molecule has 132 valence electrons. The second kappa shape index (κ2) is 7.74. The van der Waals surface area contributed by atoms with Crippen LogP contribution in [0.25, 0.3) is 0 Å². The lowest BCUT2D eigenvalue weighted by Gasteiger charge is -2.29. The normalized spacial score (nSPS) is 16.6. The van der Waals surface area contributed by atoms with Crippen LogP contribution in [0, 0.1) is 6.92 Å². The van der Waals surface area contributed by atoms with E-state index in [1.165, 1.54) is 5.56 Å². The van der Waals surface area contributed by atoms with Gasteiger partial charge in [-0.05, 0) is 61.8 Å². The Morgan fingerprint density at radius 1 is 1.16 bits per heavy atom. The molecule has 5 heteroatoms. The minimum absolute atomic E-state index is 0.214. The van der Waals surface area contributed by atoms with Gasteiger partial charge in [0.15, 0.2) is 5.11 Å². The highest BCUT2D eigenvalue weighted by molar-refractivity contribution is 7.80. The number of nitrogens with one attached hydrogen (secondary N) is 1. The SMILES string of the molecule is COc1ccc([C@@H]2CCCN2C(=S)Nc2cccc(C)c2)c(OC)c1. The third kappa shape index (κ3) is 3.87. The second-order valence-electron chi connectivity index (χ2n) is 6.26. The maximum atomic E-state index is 5.69. The number of anilines is 1. The van der Waals surface area contributed by atoms with Crippen molar-refractivity contribution in [3.05, 3.63) is 53.6 Å². The van der Waals surface area contributed by atoms with E-state index in [1.54, 1.807) is 14.2 Å². The molecule has 0 aliphatic carbocycles. The van der Waals surface area contributed by atoms with E-state index in [0.29, 0.717) is 0 Å². The summed E-state index contributed by atoms with van der Waals surface area (Å²) in [6.45, 7) is 3.02. The van der Waals surface area contributed by atoms with Crippen LogP contribution < -0.4 is 14.8 Å². The van der Waals surface area contributed by atoms with Crippen LogP contribution in [0.2, 0.25) is 0 Å². The van der Waals surface area contributed by atoms with Gasteiger partial charge < -0.3 is 19.7 Å². The minimum atomic E-state index is 0.214. The van der Waals surface area contributed by atoms with Crippen molar-refractivity contribution in [2.75, 3.05) is 26.1 Å². The molecule has 1 fully saturated rings. The number of ether oxygens (including phenoxy) is 2. The van der Waals surface area contributed by atoms with Gasteiger partial charge in [-0.2, -0.15) is 0 Å². The van der Waals surface area contributed by atoms with Gasteiger partial charge in [-0.15, -0.1) is 0 Å². The smallest absolute Gasteiger partial charge is 0.173 e. The molecule has 25 heavy (non-hydrogen) atoms. The molecule has 1 N–H and O–H groups in total. The molecule has 0 unspecified atom stereocenters. The molecule has 0 aromatic heterocycles. The highest BCUT2D eigenvalue weighted by atomic mass is 32.1. The van der Waals surface area contributed by atoms with Crippen molar-refractivity contribution in [1.82, 2.24) is 4.90 Å². The lowest BCUT2D eigenvalue weighted by molar-refractivity contribution is 0.362. The van der Waals surface area contributed by atoms with Gasteiger partial charge in [-0.25, -0.2) is 0 Å². The van der Waals surface area contributed by atoms with E-state index in [0.717, 1.165) is 47.2 Å². The Labute approximate surface area is 154 Å². The first-order valence-corrected chi connectivity index (χ1v) is 8.89. The fourth-order valence-corrected chi connectivity index (χ4v) is 3.68. The molecule has 0 saturated carbocycles. The standard InChI is InChI=1S/C20H24N2O2S/c1-14-6-4-7-15(12-14)21-20(25)22-11-5-8-18(22)17-10-9-16(23-2)13-19(17)24-3/h4,6-7,9-10,12-13,18H,5,8,11H2,1-3H3,(H,21,25)/t18-/m0/s1. The van der Waals surface area contributed by atoms with Crippen LogP contribution in [0.4, 0.5) is 5.69 Å². The average molecular weight is 356 g/mol. The topological polar surface area (TPSA) is 33.7 Å². The van der Waals surface area contributed by atoms with Gasteiger partial charge in [0.05, 0.1) is 20.3 Å². The maximum absolute atomic E-state index is 5.69. The second-order valence-corrected chi connectivity index (χ2v) is 6.65. The van der Waals surface area contributed by atoms with Crippen LogP contribution in [0.5, 0.6) is 11.5 Å². The number of benzene rings is 2. The molecule has 1 atom stereocenters. The van der Waals surface area contributed by atoms with Crippen molar-refractivity contribution in [2.45, 2.75) is 25.8 Å². The summed E-state index contributed by atoms with van der Waals surface area (Å²) in [6, 6.07) is 14.5. The monoisotopic (exact) mass is 356 g/mol. The van der Waals surface area contributed by atoms with Gasteiger partial charge in [0, 0.05) is 23.9 Å². The Balaban J connectivity index is 1.81. The molecule has 0 radical (unpaired) electrons. The number of rotatable bonds is 4. The highest BCUT2D eigenvalue weighted by Gasteiger charge is 2.30. The van der Waals surface area contributed by atoms with Crippen LogP contribution >= 0.6 is 12.2 Å². The summed E-state index contributed by atoms with van der Waals surface area (Å²) in [5.41, 5.74) is 3.38. The molecule has 3 rings (SSSR count). The Morgan fingerprint density at radius 2 is 2.00 bits per heavy atom. The van der Waals surface area contributed by atoms with Crippen molar-refractivity contribution >= 4 is 23.0 Å². The molecular weight excluding hydrogens is 332 g/mol. The molecule has 1 aliphatic heterocycles. The van der Waals surface area contributed by atoms with E-state index in [-0.39, 0.29) is 6.04 Å². The Bertz CT molecular complexity index is 763. The van der Waals surface area contributed by atoms with E-state index in [2.05, 4.69) is 35.3 Å². The highest BCUT2D eigenvalue weighted by Crippen LogP contribution is 2.39. The summed E-state index contributed by atoms with van der Waals surface area (Å²) >= 11 is 5.69. The number of aryl methyl sites for hydroxylation is 1. The molecular formula is C20H24N2O2S. The summed E-state index contributed by atoms with van der Waals surface area (Å²) in [4.78, 5) is 2.25. The van der Waals surface area contributed by atoms with Gasteiger partial charge in [0.1, 0.15) is 11.5 Å². The van der Waals surface area contributed by atoms with Gasteiger partial charge in [0.25, 0.3) is 0 Å². The molecule has 2 aromatic rings. The lowest BCUT2D eigenvalue weighted by Crippen LogP contribution is -2.34. The number of methoxy groups -OCH3 is 2. The largest absolute Gasteiger partial charge is 0.497 e. The summed E-state index contributed by atoms with van der Waals surface area (Å²) < 4.78 is 10.9. The zero-order chi connectivity index (χ0) is 17.8. The number of nitrogens with zero attached hydrogens (tertiary/aromatic N) is 1. The summed E-state index contributed by atoms with van der Waals surface area (Å²) in [6.07, 6.45) is 2.16. The van der Waals surface area contributed by atoms with Crippen molar-refractivity contribution < 1.29 is 9.47 Å². The van der Waals surface area contributed by atoms with E-state index in [1.807, 2.05) is 24.3 Å². The number of hydrogen-bond acceptors (Lipinski definition) is 3. The molecule has 2 aromatic carbocycles. The molecule has 0 spiro atoms. The zero-order valence-electron chi connectivity index (χ0n) is 14.9. The van der Waals surface area contributed by atoms with E-state index in [9.17, 15) is 0 Å². The quantitative estimate of drug-likeness (QED) is 0.813. The van der Waals surface area contributed by atoms with Crippen molar-refractivity contribution in [1.29, 1.82) is 0 Å². The lowest BCUT2D eigenvalue weighted by atomic mass is 10.0. The molecule has 1 saturated heterocycles. The Morgan fingerprint density at radius 3 is 2.72 bits per heavy atom. The predicted octanol–water partition coefficient (Wildman–Crippen LogP) is 4.55. The first-order chi connectivity index (χ1) is 12.1. The minimum Gasteiger partial charge on any atom is -0.497 e. The van der Waals surface area contributed by atoms with Gasteiger partial charge in [0.2, 0.25) is 0 Å². The number of hydrogen-bond donors (Lipinski definition) is 1. The molecule has 0 amide bonds. The molecule has 1 aliphatic rings. The van der Waals surface area contributed by atoms with Crippen LogP contribution in [-0.4, -0.2) is 30.8 Å². The zero-order valence-corrected chi connectivity index (χ0v) is 15.7. The van der Waals surface area contributed by atoms with Gasteiger partial charge in [-0.3, -0.25) is 0 Å². The first kappa shape index (κ1) is 17.5. The first-order valence-electron chi connectivity index (χ1n) is 8.48. The van der Waals surface area contributed by atoms with Crippen LogP contribution in [-0.2, 0) is 0 Å². The Hall–Kier alpha value is -2.27. The molecule has 4 nitrogen and oxygen atoms in total. The third-order valence-corrected chi connectivity index (χ3v) is 4.92. The number of likely N-dealkylation sites (tertiary alicyclic amines) is 1. The van der Waals surface area contributed by atoms with Crippen molar-refractivity contribution in [2.24, 2.45) is 0 Å².